The van der Waals surface area contributed by atoms with Crippen LogP contribution in [0.4, 0.5) is 0 Å². The third-order valence-corrected chi connectivity index (χ3v) is 4.34. The Hall–Kier alpha value is -2.29. The minimum atomic E-state index is -0.936. The van der Waals surface area contributed by atoms with E-state index in [4.69, 9.17) is 28.4 Å². The summed E-state index contributed by atoms with van der Waals surface area (Å²) in [6.45, 7) is 1.61. The predicted molar refractivity (Wildman–Crippen MR) is 111 cm³/mol. The van der Waals surface area contributed by atoms with Crippen LogP contribution < -0.4 is 14.2 Å². The number of methoxy groups -OCH3 is 3. The molecule has 0 fully saturated rings. The third kappa shape index (κ3) is 7.56. The second-order valence-electron chi connectivity index (χ2n) is 5.90. The molecular formula is C21H25BrO7. The van der Waals surface area contributed by atoms with E-state index < -0.39 is 12.1 Å². The average molecular weight is 469 g/mol. The van der Waals surface area contributed by atoms with Crippen LogP contribution in [0, 0.1) is 0 Å². The number of benzene rings is 2. The van der Waals surface area contributed by atoms with Gasteiger partial charge in [0.1, 0.15) is 30.5 Å². The highest BCUT2D eigenvalue weighted by Crippen LogP contribution is 2.32. The summed E-state index contributed by atoms with van der Waals surface area (Å²) in [4.78, 5) is 12.3. The normalized spacial score (nSPS) is 11.6. The van der Waals surface area contributed by atoms with Crippen LogP contribution in [0.5, 0.6) is 17.2 Å². The predicted octanol–water partition coefficient (Wildman–Crippen LogP) is 3.79. The molecule has 29 heavy (non-hydrogen) atoms. The smallest absolute Gasteiger partial charge is 0.351 e. The molecule has 0 radical (unpaired) electrons. The number of hydrogen-bond acceptors (Lipinski definition) is 7. The maximum atomic E-state index is 12.3. The van der Waals surface area contributed by atoms with Crippen molar-refractivity contribution < 1.29 is 33.2 Å². The van der Waals surface area contributed by atoms with Crippen LogP contribution in [-0.4, -0.2) is 53.7 Å². The molecule has 0 aliphatic heterocycles. The first-order valence-corrected chi connectivity index (χ1v) is 9.75. The number of rotatable bonds is 12. The molecule has 0 saturated carbocycles. The number of hydrogen-bond donors (Lipinski definition) is 0. The fourth-order valence-corrected chi connectivity index (χ4v) is 2.66. The Balaban J connectivity index is 2.27. The van der Waals surface area contributed by atoms with Crippen molar-refractivity contribution in [1.82, 2.24) is 0 Å². The lowest BCUT2D eigenvalue weighted by atomic mass is 10.1. The summed E-state index contributed by atoms with van der Waals surface area (Å²) in [6, 6.07) is 12.4. The molecule has 2 aromatic carbocycles. The van der Waals surface area contributed by atoms with E-state index in [1.165, 1.54) is 7.11 Å². The highest BCUT2D eigenvalue weighted by molar-refractivity contribution is 9.10. The monoisotopic (exact) mass is 468 g/mol. The number of carbonyl (C=O) groups excluding carboxylic acids is 1. The molecular weight excluding hydrogens is 444 g/mol. The van der Waals surface area contributed by atoms with Gasteiger partial charge in [-0.3, -0.25) is 0 Å². The zero-order chi connectivity index (χ0) is 21.1. The highest BCUT2D eigenvalue weighted by Gasteiger charge is 2.24. The van der Waals surface area contributed by atoms with Gasteiger partial charge in [-0.25, -0.2) is 4.79 Å². The molecule has 0 aliphatic rings. The van der Waals surface area contributed by atoms with Crippen molar-refractivity contribution >= 4 is 21.9 Å². The van der Waals surface area contributed by atoms with Gasteiger partial charge >= 0.3 is 5.97 Å². The molecule has 2 aromatic rings. The van der Waals surface area contributed by atoms with Crippen molar-refractivity contribution in [1.29, 1.82) is 0 Å². The largest absolute Gasteiger partial charge is 0.491 e. The van der Waals surface area contributed by atoms with Crippen LogP contribution in [0.25, 0.3) is 0 Å². The molecule has 0 spiro atoms. The zero-order valence-corrected chi connectivity index (χ0v) is 18.3. The second-order valence-corrected chi connectivity index (χ2v) is 6.81. The summed E-state index contributed by atoms with van der Waals surface area (Å²) in [5, 5.41) is 0. The maximum Gasteiger partial charge on any atom is 0.351 e. The lowest BCUT2D eigenvalue weighted by Gasteiger charge is -2.19. The Labute approximate surface area is 178 Å². The molecule has 7 nitrogen and oxygen atoms in total. The van der Waals surface area contributed by atoms with Crippen LogP contribution >= 0.6 is 15.9 Å². The lowest BCUT2D eigenvalue weighted by molar-refractivity contribution is -0.149. The highest BCUT2D eigenvalue weighted by atomic mass is 79.9. The summed E-state index contributed by atoms with van der Waals surface area (Å²) in [5.74, 6) is 0.961. The molecule has 2 rings (SSSR count). The zero-order valence-electron chi connectivity index (χ0n) is 16.7. The first-order chi connectivity index (χ1) is 14.1. The van der Waals surface area contributed by atoms with Crippen molar-refractivity contribution in [2.75, 3.05) is 47.8 Å². The Bertz CT molecular complexity index is 736. The van der Waals surface area contributed by atoms with Gasteiger partial charge in [0, 0.05) is 42.5 Å². The van der Waals surface area contributed by atoms with Crippen molar-refractivity contribution in [3.63, 3.8) is 0 Å². The van der Waals surface area contributed by atoms with E-state index in [-0.39, 0.29) is 0 Å². The van der Waals surface area contributed by atoms with Gasteiger partial charge in [-0.15, -0.1) is 0 Å². The van der Waals surface area contributed by atoms with E-state index in [1.807, 2.05) is 12.1 Å². The Kier molecular flexibility index (Phi) is 9.76. The molecule has 8 heteroatoms. The molecule has 158 valence electrons. The van der Waals surface area contributed by atoms with Crippen molar-refractivity contribution in [3.8, 4) is 17.2 Å². The van der Waals surface area contributed by atoms with Crippen LogP contribution in [0.1, 0.15) is 11.7 Å². The SMILES string of the molecule is COCCOc1cc(OCCOC)cc(OC(C(=O)OC)c2ccc(Br)cc2)c1. The van der Waals surface area contributed by atoms with Gasteiger partial charge in [0.15, 0.2) is 0 Å². The standard InChI is InChI=1S/C21H25BrO7/c1-24-8-10-27-17-12-18(28-11-9-25-2)14-19(13-17)29-20(21(23)26-3)15-4-6-16(22)7-5-15/h4-7,12-14,20H,8-11H2,1-3H3. The fourth-order valence-electron chi connectivity index (χ4n) is 2.40. The number of halogens is 1. The maximum absolute atomic E-state index is 12.3. The molecule has 0 aliphatic carbocycles. The second kappa shape index (κ2) is 12.3. The molecule has 0 heterocycles. The minimum absolute atomic E-state index is 0.366. The quantitative estimate of drug-likeness (QED) is 0.346. The van der Waals surface area contributed by atoms with Crippen LogP contribution in [0.3, 0.4) is 0 Å². The van der Waals surface area contributed by atoms with Crippen LogP contribution in [-0.2, 0) is 19.0 Å². The Morgan fingerprint density at radius 1 is 0.828 bits per heavy atom. The summed E-state index contributed by atoms with van der Waals surface area (Å²) in [5.41, 5.74) is 0.660. The van der Waals surface area contributed by atoms with Gasteiger partial charge < -0.3 is 28.4 Å². The summed E-state index contributed by atoms with van der Waals surface area (Å²) in [6.07, 6.45) is -0.936. The Morgan fingerprint density at radius 3 is 1.83 bits per heavy atom. The van der Waals surface area contributed by atoms with Crippen molar-refractivity contribution in [3.05, 3.63) is 52.5 Å². The Morgan fingerprint density at radius 2 is 1.34 bits per heavy atom. The van der Waals surface area contributed by atoms with E-state index in [1.54, 1.807) is 44.6 Å². The van der Waals surface area contributed by atoms with E-state index in [0.29, 0.717) is 49.2 Å². The molecule has 0 bridgehead atoms. The van der Waals surface area contributed by atoms with Gasteiger partial charge in [0.05, 0.1) is 20.3 Å². The van der Waals surface area contributed by atoms with Crippen molar-refractivity contribution in [2.24, 2.45) is 0 Å². The van der Waals surface area contributed by atoms with E-state index in [9.17, 15) is 4.79 Å². The molecule has 1 unspecified atom stereocenters. The third-order valence-electron chi connectivity index (χ3n) is 3.81. The first-order valence-electron chi connectivity index (χ1n) is 8.96. The summed E-state index contributed by atoms with van der Waals surface area (Å²) >= 11 is 3.38. The fraction of sp³-hybridized carbons (Fsp3) is 0.381. The van der Waals surface area contributed by atoms with Crippen molar-refractivity contribution in [2.45, 2.75) is 6.10 Å². The van der Waals surface area contributed by atoms with Gasteiger partial charge in [-0.2, -0.15) is 0 Å². The van der Waals surface area contributed by atoms with Gasteiger partial charge in [-0.1, -0.05) is 28.1 Å². The summed E-state index contributed by atoms with van der Waals surface area (Å²) < 4.78 is 33.2. The number of esters is 1. The lowest BCUT2D eigenvalue weighted by Crippen LogP contribution is -2.20. The van der Waals surface area contributed by atoms with Gasteiger partial charge in [0.2, 0.25) is 6.10 Å². The molecule has 0 N–H and O–H groups in total. The number of ether oxygens (including phenoxy) is 6. The average Bonchev–Trinajstić information content (AvgIpc) is 2.72. The molecule has 0 aromatic heterocycles. The minimum Gasteiger partial charge on any atom is -0.491 e. The van der Waals surface area contributed by atoms with Gasteiger partial charge in [-0.05, 0) is 12.1 Å². The molecule has 0 amide bonds. The van der Waals surface area contributed by atoms with Crippen LogP contribution in [0.2, 0.25) is 0 Å². The van der Waals surface area contributed by atoms with E-state index in [2.05, 4.69) is 15.9 Å². The topological polar surface area (TPSA) is 72.5 Å². The molecule has 0 saturated heterocycles. The summed E-state index contributed by atoms with van der Waals surface area (Å²) in [7, 11) is 4.52. The van der Waals surface area contributed by atoms with E-state index in [0.717, 1.165) is 4.47 Å². The molecule has 1 atom stereocenters. The van der Waals surface area contributed by atoms with Gasteiger partial charge in [0.25, 0.3) is 0 Å². The number of carbonyl (C=O) groups is 1. The van der Waals surface area contributed by atoms with Crippen LogP contribution in [0.15, 0.2) is 46.9 Å². The van der Waals surface area contributed by atoms with E-state index >= 15 is 0 Å². The first kappa shape index (κ1) is 23.0.